The molecule has 2 rings (SSSR count). The number of pyridine rings is 1. The Morgan fingerprint density at radius 2 is 2.10 bits per heavy atom. The number of aliphatic hydroxyl groups excluding tert-OH is 1. The van der Waals surface area contributed by atoms with Crippen molar-refractivity contribution in [2.24, 2.45) is 0 Å². The first-order chi connectivity index (χ1) is 9.40. The molecule has 108 valence electrons. The van der Waals surface area contributed by atoms with Crippen LogP contribution >= 0.6 is 11.6 Å². The van der Waals surface area contributed by atoms with Crippen LogP contribution in [-0.2, 0) is 0 Å². The summed E-state index contributed by atoms with van der Waals surface area (Å²) in [5, 5.41) is 11.7. The van der Waals surface area contributed by atoms with Gasteiger partial charge in [0.05, 0.1) is 11.7 Å². The third kappa shape index (κ3) is 2.97. The van der Waals surface area contributed by atoms with E-state index in [0.717, 1.165) is 16.5 Å². The molecule has 2 heterocycles. The largest absolute Gasteiger partial charge is 0.384 e. The lowest BCUT2D eigenvalue weighted by Gasteiger charge is -2.08. The minimum Gasteiger partial charge on any atom is -0.384 e. The van der Waals surface area contributed by atoms with Gasteiger partial charge in [-0.1, -0.05) is 11.6 Å². The van der Waals surface area contributed by atoms with Crippen LogP contribution in [0, 0.1) is 0 Å². The van der Waals surface area contributed by atoms with Gasteiger partial charge in [0.2, 0.25) is 0 Å². The van der Waals surface area contributed by atoms with Crippen LogP contribution in [0.15, 0.2) is 30.7 Å². The topological polar surface area (TPSA) is 41.3 Å². The molecular formula is C15H20ClN3O. The fourth-order valence-corrected chi connectivity index (χ4v) is 2.33. The average molecular weight is 294 g/mol. The van der Waals surface area contributed by atoms with E-state index >= 15 is 0 Å². The number of halogens is 1. The van der Waals surface area contributed by atoms with Crippen LogP contribution in [0.2, 0.25) is 5.15 Å². The quantitative estimate of drug-likeness (QED) is 0.879. The van der Waals surface area contributed by atoms with Crippen molar-refractivity contribution < 1.29 is 5.11 Å². The average Bonchev–Trinajstić information content (AvgIpc) is 2.74. The molecule has 0 radical (unpaired) electrons. The lowest BCUT2D eigenvalue weighted by atomic mass is 10.1. The van der Waals surface area contributed by atoms with Gasteiger partial charge in [0.25, 0.3) is 0 Å². The smallest absolute Gasteiger partial charge is 0.129 e. The second-order valence-corrected chi connectivity index (χ2v) is 5.75. The lowest BCUT2D eigenvalue weighted by molar-refractivity contribution is 0.228. The Balaban J connectivity index is 2.55. The minimum absolute atomic E-state index is 0.291. The number of aromatic nitrogens is 2. The summed E-state index contributed by atoms with van der Waals surface area (Å²) in [5.41, 5.74) is 1.83. The Morgan fingerprint density at radius 3 is 2.70 bits per heavy atom. The zero-order valence-electron chi connectivity index (χ0n) is 12.2. The van der Waals surface area contributed by atoms with Gasteiger partial charge in [0.1, 0.15) is 11.3 Å². The first-order valence-electron chi connectivity index (χ1n) is 6.59. The number of rotatable bonds is 4. The van der Waals surface area contributed by atoms with Crippen LogP contribution in [0.3, 0.4) is 0 Å². The van der Waals surface area contributed by atoms with Crippen LogP contribution in [0.25, 0.3) is 10.9 Å². The van der Waals surface area contributed by atoms with E-state index in [4.69, 9.17) is 11.6 Å². The summed E-state index contributed by atoms with van der Waals surface area (Å²) in [6, 6.07) is 2.09. The molecule has 0 aliphatic carbocycles. The van der Waals surface area contributed by atoms with Crippen LogP contribution in [0.4, 0.5) is 0 Å². The predicted octanol–water partition coefficient (Wildman–Crippen LogP) is 3.38. The summed E-state index contributed by atoms with van der Waals surface area (Å²) >= 11 is 5.98. The normalized spacial score (nSPS) is 13.6. The van der Waals surface area contributed by atoms with Gasteiger partial charge in [-0.3, -0.25) is 0 Å². The highest BCUT2D eigenvalue weighted by molar-refractivity contribution is 6.30. The highest BCUT2D eigenvalue weighted by Gasteiger charge is 2.16. The van der Waals surface area contributed by atoms with Gasteiger partial charge in [0.15, 0.2) is 0 Å². The van der Waals surface area contributed by atoms with Crippen molar-refractivity contribution in [2.75, 3.05) is 14.1 Å². The Hall–Kier alpha value is -1.52. The van der Waals surface area contributed by atoms with E-state index in [2.05, 4.69) is 23.4 Å². The first kappa shape index (κ1) is 14.9. The molecule has 0 aliphatic rings. The van der Waals surface area contributed by atoms with Crippen molar-refractivity contribution in [3.8, 4) is 0 Å². The Morgan fingerprint density at radius 1 is 1.40 bits per heavy atom. The fraction of sp³-hybridized carbons (Fsp3) is 0.400. The van der Waals surface area contributed by atoms with Gasteiger partial charge >= 0.3 is 0 Å². The molecule has 2 aromatic rings. The standard InChI is InChI=1S/C15H20ClN3O/c1-10(2)19-9-12(14(20)5-6-18(3)4)11-7-15(16)17-8-13(11)19/h5-10,14,20H,1-4H3. The van der Waals surface area contributed by atoms with E-state index in [1.807, 2.05) is 31.4 Å². The number of fused-ring (bicyclic) bond motifs is 1. The Bertz CT molecular complexity index is 631. The van der Waals surface area contributed by atoms with E-state index in [1.165, 1.54) is 0 Å². The number of hydrogen-bond acceptors (Lipinski definition) is 3. The molecule has 0 spiro atoms. The molecule has 0 fully saturated rings. The number of nitrogens with zero attached hydrogens (tertiary/aromatic N) is 3. The number of aliphatic hydroxyl groups is 1. The van der Waals surface area contributed by atoms with E-state index < -0.39 is 6.10 Å². The maximum absolute atomic E-state index is 10.4. The second-order valence-electron chi connectivity index (χ2n) is 5.36. The highest BCUT2D eigenvalue weighted by atomic mass is 35.5. The van der Waals surface area contributed by atoms with Crippen molar-refractivity contribution in [2.45, 2.75) is 26.0 Å². The molecule has 1 unspecified atom stereocenters. The summed E-state index contributed by atoms with van der Waals surface area (Å²) in [5.74, 6) is 0. The summed E-state index contributed by atoms with van der Waals surface area (Å²) in [7, 11) is 3.84. The van der Waals surface area contributed by atoms with E-state index in [9.17, 15) is 5.11 Å². The van der Waals surface area contributed by atoms with Crippen LogP contribution in [0.1, 0.15) is 31.6 Å². The van der Waals surface area contributed by atoms with E-state index in [0.29, 0.717) is 11.2 Å². The molecule has 1 atom stereocenters. The Labute approximate surface area is 124 Å². The SMILES string of the molecule is CC(C)n1cc(C(O)C=CN(C)C)c2cc(Cl)ncc21. The molecule has 0 bridgehead atoms. The third-order valence-corrected chi connectivity index (χ3v) is 3.37. The predicted molar refractivity (Wildman–Crippen MR) is 82.9 cm³/mol. The van der Waals surface area contributed by atoms with Crippen molar-refractivity contribution in [3.05, 3.63) is 41.5 Å². The fourth-order valence-electron chi connectivity index (χ4n) is 2.17. The van der Waals surface area contributed by atoms with Gasteiger partial charge in [0, 0.05) is 37.3 Å². The summed E-state index contributed by atoms with van der Waals surface area (Å²) < 4.78 is 2.10. The summed E-state index contributed by atoms with van der Waals surface area (Å²) in [6.45, 7) is 4.19. The van der Waals surface area contributed by atoms with Crippen molar-refractivity contribution in [1.29, 1.82) is 0 Å². The van der Waals surface area contributed by atoms with Crippen molar-refractivity contribution in [1.82, 2.24) is 14.5 Å². The van der Waals surface area contributed by atoms with Gasteiger partial charge < -0.3 is 14.6 Å². The van der Waals surface area contributed by atoms with E-state index in [1.54, 1.807) is 18.3 Å². The molecule has 20 heavy (non-hydrogen) atoms. The van der Waals surface area contributed by atoms with Gasteiger partial charge in [-0.2, -0.15) is 0 Å². The van der Waals surface area contributed by atoms with Gasteiger partial charge in [-0.25, -0.2) is 4.98 Å². The molecule has 1 N–H and O–H groups in total. The zero-order chi connectivity index (χ0) is 14.9. The Kier molecular flexibility index (Phi) is 4.35. The maximum Gasteiger partial charge on any atom is 0.129 e. The monoisotopic (exact) mass is 293 g/mol. The summed E-state index contributed by atoms with van der Waals surface area (Å²) in [4.78, 5) is 6.02. The highest BCUT2D eigenvalue weighted by Crippen LogP contribution is 2.30. The van der Waals surface area contributed by atoms with E-state index in [-0.39, 0.29) is 0 Å². The molecule has 0 saturated carbocycles. The summed E-state index contributed by atoms with van der Waals surface area (Å²) in [6.07, 6.45) is 6.65. The van der Waals surface area contributed by atoms with Crippen LogP contribution in [-0.4, -0.2) is 33.7 Å². The minimum atomic E-state index is -0.668. The van der Waals surface area contributed by atoms with Crippen LogP contribution < -0.4 is 0 Å². The lowest BCUT2D eigenvalue weighted by Crippen LogP contribution is -2.02. The molecule has 0 amide bonds. The molecule has 4 nitrogen and oxygen atoms in total. The molecular weight excluding hydrogens is 274 g/mol. The second kappa shape index (κ2) is 5.85. The van der Waals surface area contributed by atoms with Gasteiger partial charge in [-0.15, -0.1) is 0 Å². The van der Waals surface area contributed by atoms with Crippen molar-refractivity contribution >= 4 is 22.5 Å². The third-order valence-electron chi connectivity index (χ3n) is 3.16. The van der Waals surface area contributed by atoms with Gasteiger partial charge in [-0.05, 0) is 32.2 Å². The number of hydrogen-bond donors (Lipinski definition) is 1. The van der Waals surface area contributed by atoms with Crippen LogP contribution in [0.5, 0.6) is 0 Å². The first-order valence-corrected chi connectivity index (χ1v) is 6.96. The molecule has 0 aliphatic heterocycles. The zero-order valence-corrected chi connectivity index (χ0v) is 13.0. The maximum atomic E-state index is 10.4. The molecule has 5 heteroatoms. The van der Waals surface area contributed by atoms with Crippen molar-refractivity contribution in [3.63, 3.8) is 0 Å². The molecule has 2 aromatic heterocycles. The molecule has 0 aromatic carbocycles. The molecule has 0 saturated heterocycles.